The minimum absolute atomic E-state index is 0.628. The standard InChI is InChI=1S/C14H16BrN3/c15-12-3-1-10(2-4-12)13-9-14(18-17-13)11-5-7-16-8-6-11/h1-4,9,11,16H,5-8H2,(H,17,18). The topological polar surface area (TPSA) is 40.7 Å². The fourth-order valence-corrected chi connectivity index (χ4v) is 2.71. The monoisotopic (exact) mass is 305 g/mol. The van der Waals surface area contributed by atoms with E-state index in [1.54, 1.807) is 0 Å². The van der Waals surface area contributed by atoms with E-state index < -0.39 is 0 Å². The number of aromatic nitrogens is 2. The highest BCUT2D eigenvalue weighted by molar-refractivity contribution is 9.10. The first-order valence-corrected chi connectivity index (χ1v) is 7.14. The van der Waals surface area contributed by atoms with Crippen molar-refractivity contribution in [3.8, 4) is 11.3 Å². The molecule has 3 nitrogen and oxygen atoms in total. The Kier molecular flexibility index (Phi) is 3.48. The molecule has 0 radical (unpaired) electrons. The van der Waals surface area contributed by atoms with Crippen LogP contribution in [0.2, 0.25) is 0 Å². The molecule has 0 saturated carbocycles. The lowest BCUT2D eigenvalue weighted by Crippen LogP contribution is -2.26. The molecule has 0 atom stereocenters. The summed E-state index contributed by atoms with van der Waals surface area (Å²) in [6.07, 6.45) is 2.39. The summed E-state index contributed by atoms with van der Waals surface area (Å²) in [5.74, 6) is 0.628. The molecular weight excluding hydrogens is 290 g/mol. The Morgan fingerprint density at radius 1 is 1.11 bits per heavy atom. The average Bonchev–Trinajstić information content (AvgIpc) is 2.90. The van der Waals surface area contributed by atoms with Crippen molar-refractivity contribution in [2.45, 2.75) is 18.8 Å². The van der Waals surface area contributed by atoms with Crippen LogP contribution >= 0.6 is 15.9 Å². The van der Waals surface area contributed by atoms with Crippen molar-refractivity contribution in [1.29, 1.82) is 0 Å². The third-order valence-corrected chi connectivity index (χ3v) is 4.05. The molecule has 0 spiro atoms. The van der Waals surface area contributed by atoms with Gasteiger partial charge in [-0.15, -0.1) is 0 Å². The molecule has 3 rings (SSSR count). The molecular formula is C14H16BrN3. The number of H-pyrrole nitrogens is 1. The van der Waals surface area contributed by atoms with Gasteiger partial charge >= 0.3 is 0 Å². The second kappa shape index (κ2) is 5.24. The summed E-state index contributed by atoms with van der Waals surface area (Å²) in [5, 5.41) is 11.0. The predicted molar refractivity (Wildman–Crippen MR) is 76.6 cm³/mol. The van der Waals surface area contributed by atoms with Gasteiger partial charge in [0.1, 0.15) is 0 Å². The van der Waals surface area contributed by atoms with Gasteiger partial charge in [0, 0.05) is 21.6 Å². The van der Waals surface area contributed by atoms with Gasteiger partial charge in [-0.3, -0.25) is 5.10 Å². The molecule has 0 unspecified atom stereocenters. The summed E-state index contributed by atoms with van der Waals surface area (Å²) in [6, 6.07) is 10.5. The Bertz CT molecular complexity index is 512. The molecule has 1 aromatic heterocycles. The van der Waals surface area contributed by atoms with Gasteiger partial charge in [-0.25, -0.2) is 0 Å². The molecule has 94 valence electrons. The first-order chi connectivity index (χ1) is 8.83. The van der Waals surface area contributed by atoms with Crippen molar-refractivity contribution in [2.75, 3.05) is 13.1 Å². The lowest BCUT2D eigenvalue weighted by atomic mass is 9.94. The van der Waals surface area contributed by atoms with Crippen molar-refractivity contribution >= 4 is 15.9 Å². The Morgan fingerprint density at radius 3 is 2.56 bits per heavy atom. The summed E-state index contributed by atoms with van der Waals surface area (Å²) in [4.78, 5) is 0. The maximum Gasteiger partial charge on any atom is 0.0923 e. The molecule has 0 amide bonds. The van der Waals surface area contributed by atoms with E-state index in [-0.39, 0.29) is 0 Å². The van der Waals surface area contributed by atoms with Crippen molar-refractivity contribution in [3.05, 3.63) is 40.5 Å². The molecule has 1 saturated heterocycles. The van der Waals surface area contributed by atoms with Crippen LogP contribution in [0.5, 0.6) is 0 Å². The number of piperidine rings is 1. The Hall–Kier alpha value is -1.13. The van der Waals surface area contributed by atoms with Crippen molar-refractivity contribution < 1.29 is 0 Å². The molecule has 1 aromatic carbocycles. The summed E-state index contributed by atoms with van der Waals surface area (Å²) >= 11 is 3.45. The van der Waals surface area contributed by atoms with Gasteiger partial charge in [-0.1, -0.05) is 28.1 Å². The van der Waals surface area contributed by atoms with Gasteiger partial charge in [0.25, 0.3) is 0 Å². The number of nitrogens with zero attached hydrogens (tertiary/aromatic N) is 1. The van der Waals surface area contributed by atoms with E-state index in [9.17, 15) is 0 Å². The van der Waals surface area contributed by atoms with Gasteiger partial charge in [0.15, 0.2) is 0 Å². The molecule has 1 aliphatic rings. The van der Waals surface area contributed by atoms with Gasteiger partial charge in [0.05, 0.1) is 5.69 Å². The summed E-state index contributed by atoms with van der Waals surface area (Å²) < 4.78 is 1.10. The van der Waals surface area contributed by atoms with Crippen LogP contribution in [-0.4, -0.2) is 23.3 Å². The van der Waals surface area contributed by atoms with Crippen LogP contribution in [0.4, 0.5) is 0 Å². The highest BCUT2D eigenvalue weighted by Crippen LogP contribution is 2.27. The fraction of sp³-hybridized carbons (Fsp3) is 0.357. The van der Waals surface area contributed by atoms with Crippen molar-refractivity contribution in [3.63, 3.8) is 0 Å². The Balaban J connectivity index is 1.82. The number of benzene rings is 1. The first-order valence-electron chi connectivity index (χ1n) is 6.35. The third-order valence-electron chi connectivity index (χ3n) is 3.52. The first kappa shape index (κ1) is 11.9. The summed E-state index contributed by atoms with van der Waals surface area (Å²) in [7, 11) is 0. The Morgan fingerprint density at radius 2 is 1.83 bits per heavy atom. The van der Waals surface area contributed by atoms with Gasteiger partial charge in [-0.2, -0.15) is 5.10 Å². The number of hydrogen-bond donors (Lipinski definition) is 2. The quantitative estimate of drug-likeness (QED) is 0.894. The van der Waals surface area contributed by atoms with E-state index in [1.165, 1.54) is 18.5 Å². The zero-order valence-corrected chi connectivity index (χ0v) is 11.7. The van der Waals surface area contributed by atoms with Crippen LogP contribution in [0.1, 0.15) is 24.5 Å². The summed E-state index contributed by atoms with van der Waals surface area (Å²) in [5.41, 5.74) is 3.47. The average molecular weight is 306 g/mol. The van der Waals surface area contributed by atoms with E-state index in [0.29, 0.717) is 5.92 Å². The largest absolute Gasteiger partial charge is 0.317 e. The fourth-order valence-electron chi connectivity index (χ4n) is 2.45. The van der Waals surface area contributed by atoms with E-state index in [1.807, 2.05) is 12.1 Å². The van der Waals surface area contributed by atoms with Gasteiger partial charge in [0.2, 0.25) is 0 Å². The molecule has 0 bridgehead atoms. The van der Waals surface area contributed by atoms with Crippen molar-refractivity contribution in [2.24, 2.45) is 0 Å². The number of rotatable bonds is 2. The predicted octanol–water partition coefficient (Wildman–Crippen LogP) is 3.31. The van der Waals surface area contributed by atoms with E-state index in [0.717, 1.165) is 28.8 Å². The lowest BCUT2D eigenvalue weighted by Gasteiger charge is -2.20. The smallest absolute Gasteiger partial charge is 0.0923 e. The van der Waals surface area contributed by atoms with Crippen LogP contribution in [0.25, 0.3) is 11.3 Å². The van der Waals surface area contributed by atoms with Crippen LogP contribution < -0.4 is 5.32 Å². The van der Waals surface area contributed by atoms with E-state index >= 15 is 0 Å². The zero-order chi connectivity index (χ0) is 12.4. The normalized spacial score (nSPS) is 16.9. The number of aromatic amines is 1. The van der Waals surface area contributed by atoms with E-state index in [2.05, 4.69) is 49.6 Å². The molecule has 1 fully saturated rings. The van der Waals surface area contributed by atoms with Crippen LogP contribution in [0, 0.1) is 0 Å². The molecule has 1 aliphatic heterocycles. The molecule has 18 heavy (non-hydrogen) atoms. The number of nitrogens with one attached hydrogen (secondary N) is 2. The van der Waals surface area contributed by atoms with Crippen LogP contribution in [0.15, 0.2) is 34.8 Å². The highest BCUT2D eigenvalue weighted by Gasteiger charge is 2.17. The SMILES string of the molecule is Brc1ccc(-c2cc(C3CCNCC3)[nH]n2)cc1. The Labute approximate surface area is 115 Å². The lowest BCUT2D eigenvalue weighted by molar-refractivity contribution is 0.453. The molecule has 4 heteroatoms. The number of halogens is 1. The van der Waals surface area contributed by atoms with Gasteiger partial charge < -0.3 is 5.32 Å². The minimum Gasteiger partial charge on any atom is -0.317 e. The van der Waals surface area contributed by atoms with E-state index in [4.69, 9.17) is 0 Å². The molecule has 0 aliphatic carbocycles. The maximum atomic E-state index is 4.43. The molecule has 2 N–H and O–H groups in total. The molecule has 2 aromatic rings. The second-order valence-electron chi connectivity index (χ2n) is 4.74. The minimum atomic E-state index is 0.628. The van der Waals surface area contributed by atoms with Gasteiger partial charge in [-0.05, 0) is 44.1 Å². The van der Waals surface area contributed by atoms with Crippen LogP contribution in [0.3, 0.4) is 0 Å². The second-order valence-corrected chi connectivity index (χ2v) is 5.66. The van der Waals surface area contributed by atoms with Crippen molar-refractivity contribution in [1.82, 2.24) is 15.5 Å². The summed E-state index contributed by atoms with van der Waals surface area (Å²) in [6.45, 7) is 2.22. The third kappa shape index (κ3) is 2.49. The number of hydrogen-bond acceptors (Lipinski definition) is 2. The zero-order valence-electron chi connectivity index (χ0n) is 10.1. The molecule has 2 heterocycles. The van der Waals surface area contributed by atoms with Crippen LogP contribution in [-0.2, 0) is 0 Å². The maximum absolute atomic E-state index is 4.43. The highest BCUT2D eigenvalue weighted by atomic mass is 79.9.